The van der Waals surface area contributed by atoms with Crippen LogP contribution in [0.2, 0.25) is 0 Å². The van der Waals surface area contributed by atoms with Crippen LogP contribution >= 0.6 is 0 Å². The highest BCUT2D eigenvalue weighted by atomic mass is 16.4. The molecule has 14 atom stereocenters. The number of aliphatic imine (C=N–C) groups is 2. The van der Waals surface area contributed by atoms with Gasteiger partial charge in [-0.2, -0.15) is 0 Å². The molecule has 39 nitrogen and oxygen atoms in total. The topological polar surface area (TPSA) is 654 Å². The number of benzene rings is 2. The van der Waals surface area contributed by atoms with E-state index in [2.05, 4.69) is 83.8 Å². The number of primary amides is 1. The standard InChI is InChI=1S/C74H118N22O17/c1-37(2)29-51(65(105)86-42(10)60(100)87-49(19-15-27-82-73(77)78)63(103)94-56(72(112)113)31-39(5)6)90-66(106)52(30-38(3)4)92-70(110)58(40(7)8)95-69(109)55(34-46-35-81-36-84-46)91-68(108)54(32-44-17-13-12-14-18-44)93-71(111)59(43(11)97)96-64(104)50(20-16-28-83-74(79)80)88-67(107)53(33-45-21-23-47(98)24-22-45)89-61(101)41(9)85-62(102)48(75)25-26-57(76)99/h12-14,17-18,21-24,35-43,48-56,58-59,97-98H,15-16,19-20,25-34,75H2,1-11H3,(H2,76,99)(H,81,84)(H,85,102)(H,86,105)(H,87,100)(H,88,107)(H,89,101)(H,90,106)(H,91,108)(H,92,110)(H,93,111)(H,94,103)(H,95,109)(H,96,104)(H,112,113)(H4,77,78,82)(H4,79,80,83)/t41-,42-,43+,48-,49-,50-,51-,52-,53-,54-,55-,56-,58-,59-/m0/s1. The molecule has 0 bridgehead atoms. The van der Waals surface area contributed by atoms with E-state index >= 15 is 0 Å². The van der Waals surface area contributed by atoms with Gasteiger partial charge in [0, 0.05) is 50.7 Å². The number of phenolic OH excluding ortho intramolecular Hbond substituents is 1. The predicted octanol–water partition coefficient (Wildman–Crippen LogP) is -4.04. The maximum absolute atomic E-state index is 14.9. The second kappa shape index (κ2) is 48.3. The summed E-state index contributed by atoms with van der Waals surface area (Å²) in [5.74, 6) is -14.8. The fourth-order valence-electron chi connectivity index (χ4n) is 11.5. The third-order valence-corrected chi connectivity index (χ3v) is 17.5. The van der Waals surface area contributed by atoms with Crippen molar-refractivity contribution in [3.8, 4) is 5.75 Å². The first kappa shape index (κ1) is 95.7. The average molecular weight is 1590 g/mol. The Labute approximate surface area is 657 Å². The molecule has 3 aromatic rings. The first-order valence-electron chi connectivity index (χ1n) is 37.5. The lowest BCUT2D eigenvalue weighted by Crippen LogP contribution is -2.63. The first-order chi connectivity index (χ1) is 53.0. The molecule has 0 radical (unpaired) electrons. The van der Waals surface area contributed by atoms with Crippen LogP contribution in [-0.4, -0.2) is 218 Å². The van der Waals surface area contributed by atoms with Gasteiger partial charge >= 0.3 is 5.97 Å². The number of aliphatic hydroxyl groups excluding tert-OH is 1. The van der Waals surface area contributed by atoms with Crippen molar-refractivity contribution in [1.29, 1.82) is 0 Å². The number of phenols is 1. The zero-order valence-electron chi connectivity index (χ0n) is 66.0. The van der Waals surface area contributed by atoms with Gasteiger partial charge in [-0.25, -0.2) is 9.78 Å². The first-order valence-corrected chi connectivity index (χ1v) is 37.5. The summed E-state index contributed by atoms with van der Waals surface area (Å²) in [5, 5.41) is 62.3. The number of aliphatic carboxylic acids is 1. The number of nitrogens with one attached hydrogen (secondary N) is 13. The summed E-state index contributed by atoms with van der Waals surface area (Å²) in [6.45, 7) is 17.7. The van der Waals surface area contributed by atoms with E-state index in [-0.39, 0.29) is 126 Å². The third-order valence-electron chi connectivity index (χ3n) is 17.5. The Morgan fingerprint density at radius 1 is 0.425 bits per heavy atom. The fourth-order valence-corrected chi connectivity index (χ4v) is 11.5. The van der Waals surface area contributed by atoms with Gasteiger partial charge in [0.2, 0.25) is 76.8 Å². The number of H-pyrrole nitrogens is 1. The van der Waals surface area contributed by atoms with E-state index in [1.165, 1.54) is 50.6 Å². The molecular formula is C74H118N22O17. The van der Waals surface area contributed by atoms with Crippen LogP contribution < -0.4 is 98.2 Å². The molecule has 0 unspecified atom stereocenters. The molecule has 0 aliphatic heterocycles. The molecule has 0 fully saturated rings. The van der Waals surface area contributed by atoms with Gasteiger partial charge in [0.05, 0.1) is 18.5 Å². The number of carbonyl (C=O) groups is 14. The van der Waals surface area contributed by atoms with Crippen LogP contribution in [0.5, 0.6) is 5.75 Å². The molecule has 39 heteroatoms. The molecule has 3 rings (SSSR count). The number of hydrogen-bond donors (Lipinski definition) is 22. The summed E-state index contributed by atoms with van der Waals surface area (Å²) in [6, 6.07) is -4.75. The Morgan fingerprint density at radius 2 is 0.796 bits per heavy atom. The average Bonchev–Trinajstić information content (AvgIpc) is 1.51. The molecular weight excluding hydrogens is 1470 g/mol. The molecule has 0 saturated carbocycles. The van der Waals surface area contributed by atoms with E-state index in [1.54, 1.807) is 85.7 Å². The van der Waals surface area contributed by atoms with E-state index in [1.807, 2.05) is 0 Å². The second-order valence-corrected chi connectivity index (χ2v) is 29.5. The molecule has 0 aliphatic carbocycles. The summed E-state index contributed by atoms with van der Waals surface area (Å²) >= 11 is 0. The number of amides is 13. The Hall–Kier alpha value is -11.5. The maximum Gasteiger partial charge on any atom is 0.326 e. The van der Waals surface area contributed by atoms with E-state index in [0.29, 0.717) is 16.8 Å². The summed E-state index contributed by atoms with van der Waals surface area (Å²) in [6.07, 6.45) is -0.0970. The summed E-state index contributed by atoms with van der Waals surface area (Å²) in [7, 11) is 0. The monoisotopic (exact) mass is 1590 g/mol. The van der Waals surface area contributed by atoms with Crippen molar-refractivity contribution < 1.29 is 82.4 Å². The predicted molar refractivity (Wildman–Crippen MR) is 418 cm³/mol. The number of nitrogens with two attached hydrogens (primary N) is 6. The number of aliphatic hydroxyl groups is 1. The van der Waals surface area contributed by atoms with Crippen LogP contribution in [0.15, 0.2) is 77.1 Å². The number of hydrogen-bond acceptors (Lipinski definition) is 20. The second-order valence-electron chi connectivity index (χ2n) is 29.5. The van der Waals surface area contributed by atoms with Crippen molar-refractivity contribution in [3.05, 3.63) is 83.9 Å². The largest absolute Gasteiger partial charge is 0.508 e. The zero-order chi connectivity index (χ0) is 84.9. The smallest absolute Gasteiger partial charge is 0.326 e. The van der Waals surface area contributed by atoms with Gasteiger partial charge < -0.3 is 119 Å². The molecule has 0 aliphatic rings. The van der Waals surface area contributed by atoms with Gasteiger partial charge in [-0.05, 0) is 119 Å². The molecule has 1 aromatic heterocycles. The SMILES string of the molecule is CC(C)C[C@H](NC(=O)[C@H](CCCN=C(N)N)NC(=O)[C@H](C)NC(=O)[C@H](CC(C)C)NC(=O)[C@H](CC(C)C)NC(=O)[C@@H](NC(=O)[C@H](Cc1cnc[nH]1)NC(=O)[C@H](Cc1ccccc1)NC(=O)[C@@H](NC(=O)[C@H](CCCN=C(N)N)NC(=O)[C@H](Cc1ccc(O)cc1)NC(=O)[C@H](C)NC(=O)[C@@H](N)CCC(N)=O)[C@@H](C)O)C(C)C)C(=O)O. The number of aromatic amines is 1. The van der Waals surface area contributed by atoms with Crippen molar-refractivity contribution in [2.75, 3.05) is 13.1 Å². The molecule has 0 spiro atoms. The van der Waals surface area contributed by atoms with Crippen LogP contribution in [0.1, 0.15) is 151 Å². The van der Waals surface area contributed by atoms with Crippen LogP contribution in [0.4, 0.5) is 0 Å². The third kappa shape index (κ3) is 36.0. The number of carbonyl (C=O) groups excluding carboxylic acids is 13. The Balaban J connectivity index is 1.97. The number of guanidine groups is 2. The molecule has 0 saturated heterocycles. The van der Waals surface area contributed by atoms with Crippen molar-refractivity contribution >= 4 is 94.7 Å². The molecule has 1 heterocycles. The Kier molecular flexibility index (Phi) is 40.9. The highest BCUT2D eigenvalue weighted by molar-refractivity contribution is 6.00. The number of carboxylic acids is 1. The van der Waals surface area contributed by atoms with E-state index in [9.17, 15) is 82.4 Å². The van der Waals surface area contributed by atoms with Gasteiger partial charge in [-0.3, -0.25) is 72.3 Å². The lowest BCUT2D eigenvalue weighted by molar-refractivity contribution is -0.143. The molecule has 2 aromatic carbocycles. The van der Waals surface area contributed by atoms with Gasteiger partial charge in [-0.15, -0.1) is 0 Å². The minimum absolute atomic E-state index is 0.0113. The summed E-state index contributed by atoms with van der Waals surface area (Å²) < 4.78 is 0. The lowest BCUT2D eigenvalue weighted by Gasteiger charge is -2.30. The van der Waals surface area contributed by atoms with Gasteiger partial charge in [0.15, 0.2) is 11.9 Å². The molecule has 13 amide bonds. The van der Waals surface area contributed by atoms with Crippen molar-refractivity contribution in [2.24, 2.45) is 68.1 Å². The van der Waals surface area contributed by atoms with E-state index in [0.717, 1.165) is 6.92 Å². The highest BCUT2D eigenvalue weighted by Gasteiger charge is 2.39. The molecule has 113 heavy (non-hydrogen) atoms. The van der Waals surface area contributed by atoms with Crippen molar-refractivity contribution in [2.45, 2.75) is 238 Å². The number of aromatic hydroxyl groups is 1. The number of aromatic nitrogens is 2. The Morgan fingerprint density at radius 3 is 1.26 bits per heavy atom. The number of imidazole rings is 1. The van der Waals surface area contributed by atoms with Gasteiger partial charge in [0.25, 0.3) is 0 Å². The molecule has 626 valence electrons. The van der Waals surface area contributed by atoms with Crippen LogP contribution in [0.3, 0.4) is 0 Å². The van der Waals surface area contributed by atoms with Crippen molar-refractivity contribution in [3.63, 3.8) is 0 Å². The van der Waals surface area contributed by atoms with Crippen LogP contribution in [0.25, 0.3) is 0 Å². The Bertz CT molecular complexity index is 3700. The quantitative estimate of drug-likeness (QED) is 0.0145. The van der Waals surface area contributed by atoms with E-state index < -0.39 is 173 Å². The minimum Gasteiger partial charge on any atom is -0.508 e. The lowest BCUT2D eigenvalue weighted by atomic mass is 9.98. The van der Waals surface area contributed by atoms with Crippen LogP contribution in [-0.2, 0) is 86.4 Å². The van der Waals surface area contributed by atoms with Crippen molar-refractivity contribution in [1.82, 2.24) is 73.8 Å². The zero-order valence-corrected chi connectivity index (χ0v) is 66.0. The summed E-state index contributed by atoms with van der Waals surface area (Å²) in [5.41, 5.74) is 34.4. The van der Waals surface area contributed by atoms with Gasteiger partial charge in [-0.1, -0.05) is 97.9 Å². The van der Waals surface area contributed by atoms with Gasteiger partial charge in [0.1, 0.15) is 78.3 Å². The minimum atomic E-state index is -1.88. The maximum atomic E-state index is 14.9. The fraction of sp³-hybridized carbons (Fsp3) is 0.581. The summed E-state index contributed by atoms with van der Waals surface area (Å²) in [4.78, 5) is 209. The highest BCUT2D eigenvalue weighted by Crippen LogP contribution is 2.17. The number of nitrogens with zero attached hydrogens (tertiary/aromatic N) is 3. The molecule has 28 N–H and O–H groups in total. The van der Waals surface area contributed by atoms with E-state index in [4.69, 9.17) is 34.4 Å². The normalized spacial score (nSPS) is 14.9. The number of rotatable bonds is 50. The number of carboxylic acid groups (broad SMARTS) is 1. The van der Waals surface area contributed by atoms with Crippen LogP contribution in [0, 0.1) is 23.7 Å².